The quantitative estimate of drug-likeness (QED) is 0.800. The van der Waals surface area contributed by atoms with Gasteiger partial charge in [-0.25, -0.2) is 0 Å². The summed E-state index contributed by atoms with van der Waals surface area (Å²) in [5.74, 6) is -0.291. The number of amides is 3. The molecule has 2 fully saturated rings. The van der Waals surface area contributed by atoms with Crippen molar-refractivity contribution in [3.63, 3.8) is 0 Å². The summed E-state index contributed by atoms with van der Waals surface area (Å²) in [4.78, 5) is 40.3. The van der Waals surface area contributed by atoms with Crippen LogP contribution in [-0.2, 0) is 25.7 Å². The molecular formula is C20H27N3O4. The van der Waals surface area contributed by atoms with Crippen molar-refractivity contribution >= 4 is 17.7 Å². The maximum atomic E-state index is 12.8. The number of ether oxygens (including phenoxy) is 1. The minimum absolute atomic E-state index is 0.0407. The molecule has 0 bridgehead atoms. The first-order valence-electron chi connectivity index (χ1n) is 9.45. The topological polar surface area (TPSA) is 79.0 Å². The molecule has 3 amide bonds. The minimum atomic E-state index is -0.263. The smallest absolute Gasteiger partial charge is 0.246 e. The molecule has 1 unspecified atom stereocenters. The summed E-state index contributed by atoms with van der Waals surface area (Å²) in [5.41, 5.74) is 1.08. The lowest BCUT2D eigenvalue weighted by Gasteiger charge is -2.33. The summed E-state index contributed by atoms with van der Waals surface area (Å²) >= 11 is 0. The monoisotopic (exact) mass is 373 g/mol. The Bertz CT molecular complexity index is 671. The lowest BCUT2D eigenvalue weighted by Crippen LogP contribution is -2.48. The fourth-order valence-electron chi connectivity index (χ4n) is 3.80. The van der Waals surface area contributed by atoms with Gasteiger partial charge in [-0.15, -0.1) is 0 Å². The van der Waals surface area contributed by atoms with Crippen LogP contribution in [-0.4, -0.2) is 66.9 Å². The van der Waals surface area contributed by atoms with E-state index in [1.807, 2.05) is 35.2 Å². The molecule has 1 aromatic rings. The van der Waals surface area contributed by atoms with E-state index in [2.05, 4.69) is 5.32 Å². The van der Waals surface area contributed by atoms with E-state index in [1.54, 1.807) is 4.90 Å². The minimum Gasteiger partial charge on any atom is -0.375 e. The fraction of sp³-hybridized carbons (Fsp3) is 0.550. The summed E-state index contributed by atoms with van der Waals surface area (Å²) in [7, 11) is 1.49. The van der Waals surface area contributed by atoms with Crippen molar-refractivity contribution in [3.05, 3.63) is 35.9 Å². The van der Waals surface area contributed by atoms with E-state index in [0.717, 1.165) is 18.4 Å². The summed E-state index contributed by atoms with van der Waals surface area (Å²) in [5, 5.41) is 2.93. The molecule has 0 saturated carbocycles. The van der Waals surface area contributed by atoms with Crippen LogP contribution < -0.4 is 5.32 Å². The van der Waals surface area contributed by atoms with Crippen molar-refractivity contribution < 1.29 is 19.1 Å². The van der Waals surface area contributed by atoms with Gasteiger partial charge >= 0.3 is 0 Å². The number of piperidine rings is 1. The van der Waals surface area contributed by atoms with Gasteiger partial charge in [-0.1, -0.05) is 30.3 Å². The standard InChI is InChI=1S/C20H27N3O4/c1-27-14-18(24)21-17-7-9-22(10-8-17)20(26)16-11-19(25)23(13-16)12-15-5-3-2-4-6-15/h2-6,16-17H,7-14H2,1H3,(H,21,24). The van der Waals surface area contributed by atoms with Crippen molar-refractivity contribution in [2.24, 2.45) is 5.92 Å². The third-order valence-electron chi connectivity index (χ3n) is 5.23. The van der Waals surface area contributed by atoms with Crippen LogP contribution in [0.25, 0.3) is 0 Å². The van der Waals surface area contributed by atoms with Crippen molar-refractivity contribution in [3.8, 4) is 0 Å². The molecule has 7 heteroatoms. The average Bonchev–Trinajstić information content (AvgIpc) is 3.03. The molecule has 0 aliphatic carbocycles. The molecule has 2 aliphatic heterocycles. The number of hydrogen-bond donors (Lipinski definition) is 1. The number of nitrogens with zero attached hydrogens (tertiary/aromatic N) is 2. The first-order valence-corrected chi connectivity index (χ1v) is 9.45. The van der Waals surface area contributed by atoms with Crippen molar-refractivity contribution in [2.75, 3.05) is 33.4 Å². The summed E-state index contributed by atoms with van der Waals surface area (Å²) in [6, 6.07) is 9.91. The highest BCUT2D eigenvalue weighted by Gasteiger charge is 2.37. The lowest BCUT2D eigenvalue weighted by atomic mass is 10.0. The zero-order valence-electron chi connectivity index (χ0n) is 15.7. The van der Waals surface area contributed by atoms with Crippen LogP contribution in [0.1, 0.15) is 24.8 Å². The average molecular weight is 373 g/mol. The van der Waals surface area contributed by atoms with Gasteiger partial charge in [-0.2, -0.15) is 0 Å². The molecule has 0 spiro atoms. The Balaban J connectivity index is 1.47. The number of carbonyl (C=O) groups is 3. The number of rotatable bonds is 6. The normalized spacial score (nSPS) is 20.8. The molecule has 0 aromatic heterocycles. The molecule has 1 aromatic carbocycles. The number of methoxy groups -OCH3 is 1. The second kappa shape index (κ2) is 8.99. The third kappa shape index (κ3) is 5.07. The van der Waals surface area contributed by atoms with E-state index < -0.39 is 0 Å². The number of carbonyl (C=O) groups excluding carboxylic acids is 3. The van der Waals surface area contributed by atoms with Crippen molar-refractivity contribution in [1.82, 2.24) is 15.1 Å². The van der Waals surface area contributed by atoms with Gasteiger partial charge in [0.25, 0.3) is 0 Å². The maximum Gasteiger partial charge on any atom is 0.246 e. The van der Waals surface area contributed by atoms with Gasteiger partial charge in [-0.05, 0) is 18.4 Å². The van der Waals surface area contributed by atoms with Crippen LogP contribution >= 0.6 is 0 Å². The Morgan fingerprint density at radius 1 is 1.19 bits per heavy atom. The van der Waals surface area contributed by atoms with Gasteiger partial charge in [0.05, 0.1) is 5.92 Å². The number of likely N-dealkylation sites (tertiary alicyclic amines) is 2. The SMILES string of the molecule is COCC(=O)NC1CCN(C(=O)C2CC(=O)N(Cc3ccccc3)C2)CC1. The zero-order valence-corrected chi connectivity index (χ0v) is 15.7. The Kier molecular flexibility index (Phi) is 6.45. The van der Waals surface area contributed by atoms with E-state index in [1.165, 1.54) is 7.11 Å². The molecular weight excluding hydrogens is 346 g/mol. The molecule has 3 rings (SSSR count). The fourth-order valence-corrected chi connectivity index (χ4v) is 3.80. The van der Waals surface area contributed by atoms with Crippen LogP contribution in [0, 0.1) is 5.92 Å². The maximum absolute atomic E-state index is 12.8. The van der Waals surface area contributed by atoms with Crippen LogP contribution in [0.15, 0.2) is 30.3 Å². The van der Waals surface area contributed by atoms with E-state index in [9.17, 15) is 14.4 Å². The summed E-state index contributed by atoms with van der Waals surface area (Å²) < 4.78 is 4.82. The van der Waals surface area contributed by atoms with Gasteiger partial charge in [0.15, 0.2) is 0 Å². The van der Waals surface area contributed by atoms with Crippen LogP contribution in [0.2, 0.25) is 0 Å². The largest absolute Gasteiger partial charge is 0.375 e. The van der Waals surface area contributed by atoms with E-state index in [0.29, 0.717) is 26.2 Å². The highest BCUT2D eigenvalue weighted by Crippen LogP contribution is 2.24. The van der Waals surface area contributed by atoms with Gasteiger partial charge in [-0.3, -0.25) is 14.4 Å². The van der Waals surface area contributed by atoms with Crippen LogP contribution in [0.5, 0.6) is 0 Å². The van der Waals surface area contributed by atoms with E-state index in [4.69, 9.17) is 4.74 Å². The molecule has 2 heterocycles. The lowest BCUT2D eigenvalue weighted by molar-refractivity contribution is -0.137. The molecule has 146 valence electrons. The van der Waals surface area contributed by atoms with Crippen molar-refractivity contribution in [2.45, 2.75) is 31.8 Å². The Hall–Kier alpha value is -2.41. The molecule has 1 N–H and O–H groups in total. The second-order valence-electron chi connectivity index (χ2n) is 7.26. The molecule has 2 saturated heterocycles. The molecule has 0 radical (unpaired) electrons. The van der Waals surface area contributed by atoms with Gasteiger partial charge in [0, 0.05) is 45.8 Å². The van der Waals surface area contributed by atoms with Gasteiger partial charge in [0.2, 0.25) is 17.7 Å². The molecule has 1 atom stereocenters. The van der Waals surface area contributed by atoms with Gasteiger partial charge in [0.1, 0.15) is 6.61 Å². The molecule has 2 aliphatic rings. The van der Waals surface area contributed by atoms with Gasteiger partial charge < -0.3 is 19.9 Å². The van der Waals surface area contributed by atoms with E-state index in [-0.39, 0.29) is 42.7 Å². The predicted octanol–water partition coefficient (Wildman–Crippen LogP) is 0.789. The summed E-state index contributed by atoms with van der Waals surface area (Å²) in [6.45, 7) is 2.31. The van der Waals surface area contributed by atoms with Crippen LogP contribution in [0.3, 0.4) is 0 Å². The first kappa shape index (κ1) is 19.4. The highest BCUT2D eigenvalue weighted by atomic mass is 16.5. The number of nitrogens with one attached hydrogen (secondary N) is 1. The Morgan fingerprint density at radius 2 is 1.89 bits per heavy atom. The number of benzene rings is 1. The third-order valence-corrected chi connectivity index (χ3v) is 5.23. The number of hydrogen-bond acceptors (Lipinski definition) is 4. The molecule has 7 nitrogen and oxygen atoms in total. The van der Waals surface area contributed by atoms with Crippen LogP contribution in [0.4, 0.5) is 0 Å². The Labute approximate surface area is 159 Å². The predicted molar refractivity (Wildman–Crippen MR) is 99.6 cm³/mol. The Morgan fingerprint density at radius 3 is 2.56 bits per heavy atom. The second-order valence-corrected chi connectivity index (χ2v) is 7.26. The zero-order chi connectivity index (χ0) is 19.2. The highest BCUT2D eigenvalue weighted by molar-refractivity contribution is 5.89. The van der Waals surface area contributed by atoms with Crippen molar-refractivity contribution in [1.29, 1.82) is 0 Å². The first-order chi connectivity index (χ1) is 13.1. The van der Waals surface area contributed by atoms with E-state index >= 15 is 0 Å². The molecule has 27 heavy (non-hydrogen) atoms. The summed E-state index contributed by atoms with van der Waals surface area (Å²) in [6.07, 6.45) is 1.75.